The quantitative estimate of drug-likeness (QED) is 0.769. The van der Waals surface area contributed by atoms with Crippen LogP contribution in [-0.4, -0.2) is 11.2 Å². The highest BCUT2D eigenvalue weighted by atomic mass is 16.3. The van der Waals surface area contributed by atoms with Gasteiger partial charge in [0, 0.05) is 6.04 Å². The lowest BCUT2D eigenvalue weighted by Gasteiger charge is -2.19. The predicted molar refractivity (Wildman–Crippen MR) is 58.8 cm³/mol. The molecule has 1 aromatic rings. The van der Waals surface area contributed by atoms with E-state index in [4.69, 9.17) is 5.73 Å². The highest BCUT2D eigenvalue weighted by molar-refractivity contribution is 5.18. The van der Waals surface area contributed by atoms with Crippen molar-refractivity contribution in [2.75, 3.05) is 0 Å². The molecule has 0 heterocycles. The van der Waals surface area contributed by atoms with Crippen LogP contribution in [0.5, 0.6) is 0 Å². The van der Waals surface area contributed by atoms with Crippen LogP contribution in [0.1, 0.15) is 31.9 Å². The molecule has 0 amide bonds. The van der Waals surface area contributed by atoms with Crippen molar-refractivity contribution < 1.29 is 5.11 Å². The van der Waals surface area contributed by atoms with Crippen molar-refractivity contribution >= 4 is 0 Å². The number of hydrogen-bond donors (Lipinski definition) is 2. The molecule has 78 valence electrons. The maximum atomic E-state index is 9.68. The van der Waals surface area contributed by atoms with E-state index in [2.05, 4.69) is 0 Å². The molecule has 0 aliphatic rings. The van der Waals surface area contributed by atoms with Crippen LogP contribution >= 0.6 is 0 Å². The highest BCUT2D eigenvalue weighted by Gasteiger charge is 2.14. The van der Waals surface area contributed by atoms with Crippen molar-refractivity contribution in [1.29, 1.82) is 0 Å². The molecule has 1 aromatic carbocycles. The summed E-state index contributed by atoms with van der Waals surface area (Å²) in [4.78, 5) is 0. The number of nitrogens with two attached hydrogens (primary N) is 1. The minimum atomic E-state index is -0.315. The minimum Gasteiger partial charge on any atom is -0.393 e. The number of benzene rings is 1. The van der Waals surface area contributed by atoms with Crippen LogP contribution in [-0.2, 0) is 0 Å². The number of hydrogen-bond acceptors (Lipinski definition) is 2. The third-order valence-corrected chi connectivity index (χ3v) is 2.49. The van der Waals surface area contributed by atoms with Crippen molar-refractivity contribution in [1.82, 2.24) is 0 Å². The SMILES string of the molecule is CC(C)C(O)CC(N)c1ccccc1. The Hall–Kier alpha value is -0.860. The summed E-state index contributed by atoms with van der Waals surface area (Å²) in [7, 11) is 0. The third-order valence-electron chi connectivity index (χ3n) is 2.49. The molecule has 0 bridgehead atoms. The fourth-order valence-corrected chi connectivity index (χ4v) is 1.37. The fourth-order valence-electron chi connectivity index (χ4n) is 1.37. The molecule has 2 atom stereocenters. The summed E-state index contributed by atoms with van der Waals surface area (Å²) in [6.45, 7) is 4.00. The molecule has 0 radical (unpaired) electrons. The van der Waals surface area contributed by atoms with Crippen LogP contribution in [0, 0.1) is 5.92 Å². The summed E-state index contributed by atoms with van der Waals surface area (Å²) in [5.41, 5.74) is 7.06. The molecule has 2 nitrogen and oxygen atoms in total. The zero-order valence-corrected chi connectivity index (χ0v) is 8.85. The van der Waals surface area contributed by atoms with Gasteiger partial charge in [-0.3, -0.25) is 0 Å². The highest BCUT2D eigenvalue weighted by Crippen LogP contribution is 2.18. The van der Waals surface area contributed by atoms with E-state index in [1.807, 2.05) is 44.2 Å². The molecule has 3 N–H and O–H groups in total. The van der Waals surface area contributed by atoms with Crippen molar-refractivity contribution in [3.63, 3.8) is 0 Å². The smallest absolute Gasteiger partial charge is 0.0581 e. The van der Waals surface area contributed by atoms with Gasteiger partial charge in [0.1, 0.15) is 0 Å². The van der Waals surface area contributed by atoms with Crippen molar-refractivity contribution in [2.45, 2.75) is 32.4 Å². The van der Waals surface area contributed by atoms with Gasteiger partial charge < -0.3 is 10.8 Å². The van der Waals surface area contributed by atoms with Gasteiger partial charge in [0.15, 0.2) is 0 Å². The second-order valence-corrected chi connectivity index (χ2v) is 4.06. The maximum absolute atomic E-state index is 9.68. The summed E-state index contributed by atoms with van der Waals surface area (Å²) in [6.07, 6.45) is 0.312. The van der Waals surface area contributed by atoms with Crippen LogP contribution in [0.15, 0.2) is 30.3 Å². The van der Waals surface area contributed by atoms with E-state index < -0.39 is 0 Å². The van der Waals surface area contributed by atoms with Crippen molar-refractivity contribution in [3.8, 4) is 0 Å². The third kappa shape index (κ3) is 3.13. The molecule has 0 aromatic heterocycles. The Bertz CT molecular complexity index is 258. The topological polar surface area (TPSA) is 46.2 Å². The number of rotatable bonds is 4. The first-order chi connectivity index (χ1) is 6.61. The summed E-state index contributed by atoms with van der Waals surface area (Å²) < 4.78 is 0. The van der Waals surface area contributed by atoms with Gasteiger partial charge >= 0.3 is 0 Å². The lowest BCUT2D eigenvalue weighted by atomic mass is 9.96. The largest absolute Gasteiger partial charge is 0.393 e. The molecule has 1 rings (SSSR count). The second kappa shape index (κ2) is 5.13. The van der Waals surface area contributed by atoms with Gasteiger partial charge in [-0.05, 0) is 17.9 Å². The molecule has 14 heavy (non-hydrogen) atoms. The van der Waals surface area contributed by atoms with Gasteiger partial charge in [-0.15, -0.1) is 0 Å². The van der Waals surface area contributed by atoms with E-state index in [-0.39, 0.29) is 18.1 Å². The first-order valence-electron chi connectivity index (χ1n) is 5.10. The van der Waals surface area contributed by atoms with Crippen LogP contribution in [0.25, 0.3) is 0 Å². The van der Waals surface area contributed by atoms with Crippen LogP contribution < -0.4 is 5.73 Å². The van der Waals surface area contributed by atoms with Crippen LogP contribution in [0.4, 0.5) is 0 Å². The Morgan fingerprint density at radius 3 is 2.29 bits per heavy atom. The Morgan fingerprint density at radius 2 is 1.79 bits per heavy atom. The zero-order valence-electron chi connectivity index (χ0n) is 8.85. The van der Waals surface area contributed by atoms with Gasteiger partial charge in [0.25, 0.3) is 0 Å². The average molecular weight is 193 g/mol. The molecule has 2 heteroatoms. The molecular weight excluding hydrogens is 174 g/mol. The summed E-state index contributed by atoms with van der Waals surface area (Å²) in [5, 5.41) is 9.68. The fraction of sp³-hybridized carbons (Fsp3) is 0.500. The molecule has 0 spiro atoms. The molecule has 0 aliphatic heterocycles. The van der Waals surface area contributed by atoms with E-state index in [9.17, 15) is 5.11 Å². The Kier molecular flexibility index (Phi) is 4.11. The van der Waals surface area contributed by atoms with Gasteiger partial charge in [0.2, 0.25) is 0 Å². The van der Waals surface area contributed by atoms with Crippen molar-refractivity contribution in [2.24, 2.45) is 11.7 Å². The Morgan fingerprint density at radius 1 is 1.21 bits per heavy atom. The van der Waals surface area contributed by atoms with E-state index in [1.54, 1.807) is 0 Å². The summed E-state index contributed by atoms with van der Waals surface area (Å²) >= 11 is 0. The van der Waals surface area contributed by atoms with Gasteiger partial charge in [-0.1, -0.05) is 44.2 Å². The molecule has 0 fully saturated rings. The average Bonchev–Trinajstić information content (AvgIpc) is 2.19. The first kappa shape index (κ1) is 11.2. The number of aliphatic hydroxyl groups excluding tert-OH is 1. The molecule has 2 unspecified atom stereocenters. The minimum absolute atomic E-state index is 0.0615. The number of aliphatic hydroxyl groups is 1. The van der Waals surface area contributed by atoms with Gasteiger partial charge in [-0.2, -0.15) is 0 Å². The van der Waals surface area contributed by atoms with Gasteiger partial charge in [-0.25, -0.2) is 0 Å². The maximum Gasteiger partial charge on any atom is 0.0581 e. The van der Waals surface area contributed by atoms with Gasteiger partial charge in [0.05, 0.1) is 6.10 Å². The first-order valence-corrected chi connectivity index (χ1v) is 5.10. The summed E-state index contributed by atoms with van der Waals surface area (Å²) in [6, 6.07) is 9.84. The van der Waals surface area contributed by atoms with Crippen LogP contribution in [0.3, 0.4) is 0 Å². The van der Waals surface area contributed by atoms with E-state index >= 15 is 0 Å². The Balaban J connectivity index is 2.55. The second-order valence-electron chi connectivity index (χ2n) is 4.06. The summed E-state index contributed by atoms with van der Waals surface area (Å²) in [5.74, 6) is 0.268. The monoisotopic (exact) mass is 193 g/mol. The molecule has 0 aliphatic carbocycles. The predicted octanol–water partition coefficient (Wildman–Crippen LogP) is 2.09. The normalized spacial score (nSPS) is 15.5. The van der Waals surface area contributed by atoms with Crippen LogP contribution in [0.2, 0.25) is 0 Å². The van der Waals surface area contributed by atoms with E-state index in [0.717, 1.165) is 5.56 Å². The lowest BCUT2D eigenvalue weighted by molar-refractivity contribution is 0.108. The van der Waals surface area contributed by atoms with Crippen molar-refractivity contribution in [3.05, 3.63) is 35.9 Å². The molecule has 0 saturated heterocycles. The van der Waals surface area contributed by atoms with E-state index in [0.29, 0.717) is 6.42 Å². The zero-order chi connectivity index (χ0) is 10.6. The lowest BCUT2D eigenvalue weighted by Crippen LogP contribution is -2.22. The Labute approximate surface area is 85.8 Å². The molecular formula is C12H19NO. The molecule has 0 saturated carbocycles. The van der Waals surface area contributed by atoms with E-state index in [1.165, 1.54) is 0 Å². The standard InChI is InChI=1S/C12H19NO/c1-9(2)12(14)8-11(13)10-6-4-3-5-7-10/h3-7,9,11-12,14H,8,13H2,1-2H3.